The van der Waals surface area contributed by atoms with Gasteiger partial charge in [0.15, 0.2) is 0 Å². The van der Waals surface area contributed by atoms with Crippen LogP contribution in [0.4, 0.5) is 0 Å². The zero-order valence-electron chi connectivity index (χ0n) is 6.71. The predicted molar refractivity (Wildman–Crippen MR) is 44.8 cm³/mol. The van der Waals surface area contributed by atoms with Crippen molar-refractivity contribution in [1.29, 1.82) is 0 Å². The summed E-state index contributed by atoms with van der Waals surface area (Å²) in [5.74, 6) is 0. The highest BCUT2D eigenvalue weighted by Gasteiger charge is 2.16. The minimum atomic E-state index is -0.263. The van der Waals surface area contributed by atoms with Crippen LogP contribution in [0.2, 0.25) is 0 Å². The maximum Gasteiger partial charge on any atom is 0.345 e. The van der Waals surface area contributed by atoms with Crippen molar-refractivity contribution >= 4 is 0 Å². The number of nitrogens with one attached hydrogen (secondary N) is 2. The van der Waals surface area contributed by atoms with Crippen molar-refractivity contribution in [3.63, 3.8) is 0 Å². The highest BCUT2D eigenvalue weighted by Crippen LogP contribution is 2.19. The number of aromatic amines is 1. The molecule has 0 saturated carbocycles. The van der Waals surface area contributed by atoms with E-state index in [2.05, 4.69) is 15.3 Å². The van der Waals surface area contributed by atoms with E-state index in [9.17, 15) is 4.79 Å². The Hall–Kier alpha value is -1.16. The number of H-pyrrole nitrogens is 1. The topological polar surface area (TPSA) is 57.8 Å². The average molecular weight is 165 g/mol. The molecule has 2 rings (SSSR count). The highest BCUT2D eigenvalue weighted by atomic mass is 16.1. The summed E-state index contributed by atoms with van der Waals surface area (Å²) in [4.78, 5) is 17.1. The smallest absolute Gasteiger partial charge is 0.309 e. The van der Waals surface area contributed by atoms with Crippen LogP contribution in [-0.4, -0.2) is 16.5 Å². The van der Waals surface area contributed by atoms with Crippen molar-refractivity contribution in [3.05, 3.63) is 28.4 Å². The fraction of sp³-hybridized carbons (Fsp3) is 0.500. The van der Waals surface area contributed by atoms with Gasteiger partial charge >= 0.3 is 5.69 Å². The molecule has 2 N–H and O–H groups in total. The van der Waals surface area contributed by atoms with E-state index >= 15 is 0 Å². The van der Waals surface area contributed by atoms with Gasteiger partial charge in [0.2, 0.25) is 0 Å². The molecule has 1 aliphatic heterocycles. The van der Waals surface area contributed by atoms with E-state index in [1.54, 1.807) is 6.20 Å². The van der Waals surface area contributed by atoms with Crippen LogP contribution >= 0.6 is 0 Å². The van der Waals surface area contributed by atoms with Gasteiger partial charge in [-0.25, -0.2) is 9.78 Å². The number of aromatic nitrogens is 2. The van der Waals surface area contributed by atoms with E-state index in [1.807, 2.05) is 6.07 Å². The Kier molecular flexibility index (Phi) is 1.91. The quantitative estimate of drug-likeness (QED) is 0.624. The maximum absolute atomic E-state index is 10.9. The van der Waals surface area contributed by atoms with E-state index in [0.717, 1.165) is 18.7 Å². The molecule has 2 heterocycles. The van der Waals surface area contributed by atoms with Crippen molar-refractivity contribution < 1.29 is 0 Å². The van der Waals surface area contributed by atoms with Crippen molar-refractivity contribution in [3.8, 4) is 0 Å². The molecule has 1 aliphatic rings. The maximum atomic E-state index is 10.9. The van der Waals surface area contributed by atoms with Crippen molar-refractivity contribution in [2.75, 3.05) is 6.54 Å². The Bertz CT molecular complexity index is 314. The second-order valence-corrected chi connectivity index (χ2v) is 2.98. The molecule has 0 bridgehead atoms. The normalized spacial score (nSPS) is 22.8. The van der Waals surface area contributed by atoms with Gasteiger partial charge in [0.05, 0.1) is 0 Å². The molecule has 0 aromatic carbocycles. The van der Waals surface area contributed by atoms with Crippen LogP contribution < -0.4 is 11.0 Å². The van der Waals surface area contributed by atoms with Crippen molar-refractivity contribution in [2.45, 2.75) is 18.9 Å². The van der Waals surface area contributed by atoms with E-state index < -0.39 is 0 Å². The Balaban J connectivity index is 2.27. The van der Waals surface area contributed by atoms with Gasteiger partial charge < -0.3 is 10.3 Å². The Morgan fingerprint density at radius 3 is 3.17 bits per heavy atom. The van der Waals surface area contributed by atoms with Gasteiger partial charge in [-0.15, -0.1) is 0 Å². The molecule has 0 amide bonds. The molecule has 12 heavy (non-hydrogen) atoms. The summed E-state index contributed by atoms with van der Waals surface area (Å²) in [5, 5.41) is 3.30. The number of hydrogen-bond donors (Lipinski definition) is 2. The molecule has 1 aromatic rings. The minimum absolute atomic E-state index is 0.263. The molecule has 1 saturated heterocycles. The Labute approximate surface area is 70.0 Å². The molecule has 0 spiro atoms. The predicted octanol–water partition coefficient (Wildman–Crippen LogP) is 0.194. The summed E-state index contributed by atoms with van der Waals surface area (Å²) in [6.07, 6.45) is 3.82. The second-order valence-electron chi connectivity index (χ2n) is 2.98. The van der Waals surface area contributed by atoms with Gasteiger partial charge in [0, 0.05) is 17.9 Å². The van der Waals surface area contributed by atoms with E-state index in [-0.39, 0.29) is 5.69 Å². The summed E-state index contributed by atoms with van der Waals surface area (Å²) < 4.78 is 0. The van der Waals surface area contributed by atoms with Gasteiger partial charge in [0.1, 0.15) is 0 Å². The summed E-state index contributed by atoms with van der Waals surface area (Å²) in [6.45, 7) is 1.04. The summed E-state index contributed by atoms with van der Waals surface area (Å²) >= 11 is 0. The van der Waals surface area contributed by atoms with E-state index in [4.69, 9.17) is 0 Å². The minimum Gasteiger partial charge on any atom is -0.309 e. The van der Waals surface area contributed by atoms with Crippen LogP contribution in [-0.2, 0) is 0 Å². The molecule has 0 radical (unpaired) electrons. The first kappa shape index (κ1) is 7.49. The molecule has 1 atom stereocenters. The van der Waals surface area contributed by atoms with E-state index in [0.29, 0.717) is 6.04 Å². The number of rotatable bonds is 1. The first-order chi connectivity index (χ1) is 5.86. The van der Waals surface area contributed by atoms with Crippen LogP contribution in [0.25, 0.3) is 0 Å². The van der Waals surface area contributed by atoms with Crippen molar-refractivity contribution in [1.82, 2.24) is 15.3 Å². The lowest BCUT2D eigenvalue weighted by Crippen LogP contribution is -2.19. The lowest BCUT2D eigenvalue weighted by atomic mass is 10.1. The third-order valence-corrected chi connectivity index (χ3v) is 2.13. The highest BCUT2D eigenvalue weighted by molar-refractivity contribution is 5.06. The molecule has 64 valence electrons. The Morgan fingerprint density at radius 2 is 2.50 bits per heavy atom. The van der Waals surface area contributed by atoms with Gasteiger partial charge in [-0.05, 0) is 25.5 Å². The zero-order chi connectivity index (χ0) is 8.39. The first-order valence-electron chi connectivity index (χ1n) is 4.15. The van der Waals surface area contributed by atoms with Crippen LogP contribution in [0, 0.1) is 0 Å². The molecule has 4 heteroatoms. The molecule has 1 unspecified atom stereocenters. The molecule has 0 aliphatic carbocycles. The van der Waals surface area contributed by atoms with E-state index in [1.165, 1.54) is 6.42 Å². The third kappa shape index (κ3) is 1.38. The second kappa shape index (κ2) is 3.06. The number of hydrogen-bond acceptors (Lipinski definition) is 3. The fourth-order valence-corrected chi connectivity index (χ4v) is 1.54. The van der Waals surface area contributed by atoms with Gasteiger partial charge in [0.25, 0.3) is 0 Å². The molecule has 1 aromatic heterocycles. The number of nitrogens with zero attached hydrogens (tertiary/aromatic N) is 1. The Morgan fingerprint density at radius 1 is 1.58 bits per heavy atom. The lowest BCUT2D eigenvalue weighted by Gasteiger charge is -2.08. The van der Waals surface area contributed by atoms with Crippen LogP contribution in [0.1, 0.15) is 24.6 Å². The molecular weight excluding hydrogens is 154 g/mol. The molecular formula is C8H11N3O. The van der Waals surface area contributed by atoms with Crippen molar-refractivity contribution in [2.24, 2.45) is 0 Å². The van der Waals surface area contributed by atoms with Crippen LogP contribution in [0.3, 0.4) is 0 Å². The largest absolute Gasteiger partial charge is 0.345 e. The van der Waals surface area contributed by atoms with Gasteiger partial charge in [-0.1, -0.05) is 0 Å². The van der Waals surface area contributed by atoms with Crippen LogP contribution in [0.5, 0.6) is 0 Å². The van der Waals surface area contributed by atoms with Gasteiger partial charge in [-0.3, -0.25) is 0 Å². The summed E-state index contributed by atoms with van der Waals surface area (Å²) in [6, 6.07) is 2.17. The fourth-order valence-electron chi connectivity index (χ4n) is 1.54. The third-order valence-electron chi connectivity index (χ3n) is 2.13. The molecule has 4 nitrogen and oxygen atoms in total. The SMILES string of the molecule is O=c1nccc(C2CCCN2)[nH]1. The zero-order valence-corrected chi connectivity index (χ0v) is 6.71. The summed E-state index contributed by atoms with van der Waals surface area (Å²) in [5.41, 5.74) is 0.689. The monoisotopic (exact) mass is 165 g/mol. The summed E-state index contributed by atoms with van der Waals surface area (Å²) in [7, 11) is 0. The standard InChI is InChI=1S/C8H11N3O/c12-8-10-5-3-7(11-8)6-2-1-4-9-6/h3,5-6,9H,1-2,4H2,(H,10,11,12). The lowest BCUT2D eigenvalue weighted by molar-refractivity contribution is 0.622. The average Bonchev–Trinajstić information content (AvgIpc) is 2.56. The van der Waals surface area contributed by atoms with Gasteiger partial charge in [-0.2, -0.15) is 0 Å². The molecule has 1 fully saturated rings. The van der Waals surface area contributed by atoms with Crippen LogP contribution in [0.15, 0.2) is 17.1 Å². The first-order valence-corrected chi connectivity index (χ1v) is 4.15.